The van der Waals surface area contributed by atoms with Crippen molar-refractivity contribution in [2.24, 2.45) is 5.92 Å². The van der Waals surface area contributed by atoms with Crippen LogP contribution in [0.5, 0.6) is 0 Å². The molecule has 1 saturated heterocycles. The summed E-state index contributed by atoms with van der Waals surface area (Å²) in [5.41, 5.74) is 1.38. The van der Waals surface area contributed by atoms with Crippen molar-refractivity contribution in [1.29, 1.82) is 0 Å². The first-order chi connectivity index (χ1) is 12.8. The first-order valence-electron chi connectivity index (χ1n) is 9.60. The Kier molecular flexibility index (Phi) is 4.64. The topological polar surface area (TPSA) is 66.7 Å². The van der Waals surface area contributed by atoms with Crippen molar-refractivity contribution in [2.45, 2.75) is 50.6 Å². The van der Waals surface area contributed by atoms with Gasteiger partial charge in [0.15, 0.2) is 0 Å². The minimum Gasteiger partial charge on any atom is -0.361 e. The van der Waals surface area contributed by atoms with Crippen LogP contribution in [-0.4, -0.2) is 42.4 Å². The quantitative estimate of drug-likeness (QED) is 0.786. The summed E-state index contributed by atoms with van der Waals surface area (Å²) < 4.78 is 33.6. The smallest absolute Gasteiger partial charge is 0.244 e. The zero-order valence-corrected chi connectivity index (χ0v) is 17.0. The van der Waals surface area contributed by atoms with Crippen LogP contribution in [0.2, 0.25) is 0 Å². The van der Waals surface area contributed by atoms with E-state index in [1.54, 1.807) is 10.4 Å². The van der Waals surface area contributed by atoms with Gasteiger partial charge >= 0.3 is 0 Å². The summed E-state index contributed by atoms with van der Waals surface area (Å²) in [6.45, 7) is 8.92. The van der Waals surface area contributed by atoms with Crippen molar-refractivity contribution in [3.63, 3.8) is 0 Å². The van der Waals surface area contributed by atoms with E-state index in [9.17, 15) is 8.42 Å². The van der Waals surface area contributed by atoms with Crippen LogP contribution in [-0.2, 0) is 22.1 Å². The van der Waals surface area contributed by atoms with Crippen molar-refractivity contribution in [2.75, 3.05) is 19.6 Å². The molecule has 2 aromatic rings. The number of rotatable bonds is 5. The maximum absolute atomic E-state index is 13.3. The molecule has 0 radical (unpaired) electrons. The Bertz CT molecular complexity index is 937. The fourth-order valence-corrected chi connectivity index (χ4v) is 6.50. The van der Waals surface area contributed by atoms with Gasteiger partial charge in [-0.05, 0) is 37.3 Å². The third-order valence-electron chi connectivity index (χ3n) is 5.73. The number of hydrogen-bond acceptors (Lipinski definition) is 5. The molecule has 0 aliphatic carbocycles. The summed E-state index contributed by atoms with van der Waals surface area (Å²) in [6.07, 6.45) is 1.66. The summed E-state index contributed by atoms with van der Waals surface area (Å²) in [6, 6.07) is 9.46. The molecule has 7 heteroatoms. The summed E-state index contributed by atoms with van der Waals surface area (Å²) in [4.78, 5) is 2.77. The molecule has 2 aliphatic rings. The van der Waals surface area contributed by atoms with Gasteiger partial charge < -0.3 is 4.52 Å². The minimum atomic E-state index is -3.45. The predicted octanol–water partition coefficient (Wildman–Crippen LogP) is 3.13. The predicted molar refractivity (Wildman–Crippen MR) is 103 cm³/mol. The number of hydrogen-bond donors (Lipinski definition) is 0. The second-order valence-electron chi connectivity index (χ2n) is 8.18. The number of nitrogens with zero attached hydrogens (tertiary/aromatic N) is 3. The molecular weight excluding hydrogens is 362 g/mol. The molecule has 4 rings (SSSR count). The van der Waals surface area contributed by atoms with Gasteiger partial charge in [-0.25, -0.2) is 8.42 Å². The average Bonchev–Trinajstić information content (AvgIpc) is 3.26. The monoisotopic (exact) mass is 389 g/mol. The highest BCUT2D eigenvalue weighted by Gasteiger charge is 2.56. The molecule has 0 N–H and O–H groups in total. The highest BCUT2D eigenvalue weighted by atomic mass is 32.2. The molecule has 0 bridgehead atoms. The van der Waals surface area contributed by atoms with Gasteiger partial charge in [0.1, 0.15) is 5.76 Å². The number of aromatic nitrogens is 1. The van der Waals surface area contributed by atoms with Crippen LogP contribution < -0.4 is 0 Å². The molecular formula is C20H27N3O3S. The van der Waals surface area contributed by atoms with Gasteiger partial charge in [-0.3, -0.25) is 4.90 Å². The highest BCUT2D eigenvalue weighted by Crippen LogP contribution is 2.49. The molecule has 2 aliphatic heterocycles. The number of aryl methyl sites for hydroxylation is 1. The van der Waals surface area contributed by atoms with E-state index < -0.39 is 15.6 Å². The molecule has 6 nitrogen and oxygen atoms in total. The summed E-state index contributed by atoms with van der Waals surface area (Å²) >= 11 is 0. The lowest BCUT2D eigenvalue weighted by molar-refractivity contribution is 0.182. The molecule has 0 unspecified atom stereocenters. The Morgan fingerprint density at radius 1 is 1.30 bits per heavy atom. The number of sulfonamides is 1. The van der Waals surface area contributed by atoms with E-state index in [1.807, 2.05) is 31.2 Å². The van der Waals surface area contributed by atoms with Crippen molar-refractivity contribution in [3.05, 3.63) is 47.3 Å². The first-order valence-corrected chi connectivity index (χ1v) is 11.0. The van der Waals surface area contributed by atoms with Crippen LogP contribution in [0.25, 0.3) is 0 Å². The molecule has 1 atom stereocenters. The van der Waals surface area contributed by atoms with Crippen LogP contribution in [0.1, 0.15) is 43.7 Å². The number of fused-ring (bicyclic) bond motifs is 2. The Labute approximate surface area is 161 Å². The summed E-state index contributed by atoms with van der Waals surface area (Å²) in [5, 5.41) is 4.10. The molecule has 1 aromatic carbocycles. The Balaban J connectivity index is 1.67. The van der Waals surface area contributed by atoms with Crippen LogP contribution in [0.4, 0.5) is 0 Å². The van der Waals surface area contributed by atoms with Crippen LogP contribution in [0.15, 0.2) is 39.8 Å². The lowest BCUT2D eigenvalue weighted by Crippen LogP contribution is -2.46. The number of benzene rings is 1. The summed E-state index contributed by atoms with van der Waals surface area (Å²) in [5.74, 6) is 1.25. The molecule has 1 fully saturated rings. The van der Waals surface area contributed by atoms with E-state index in [1.165, 1.54) is 0 Å². The molecule has 3 heterocycles. The number of likely N-dealkylation sites (tertiary alicyclic amines) is 1. The second-order valence-corrected chi connectivity index (χ2v) is 10.0. The highest BCUT2D eigenvalue weighted by molar-refractivity contribution is 7.89. The average molecular weight is 390 g/mol. The lowest BCUT2D eigenvalue weighted by atomic mass is 9.88. The Morgan fingerprint density at radius 3 is 2.78 bits per heavy atom. The normalized spacial score (nSPS) is 24.9. The third kappa shape index (κ3) is 3.11. The maximum Gasteiger partial charge on any atom is 0.244 e. The molecule has 146 valence electrons. The van der Waals surface area contributed by atoms with Crippen LogP contribution in [0.3, 0.4) is 0 Å². The van der Waals surface area contributed by atoms with Gasteiger partial charge in [0.05, 0.1) is 16.1 Å². The third-order valence-corrected chi connectivity index (χ3v) is 7.76. The van der Waals surface area contributed by atoms with E-state index in [-0.39, 0.29) is 0 Å². The van der Waals surface area contributed by atoms with Crippen molar-refractivity contribution in [1.82, 2.24) is 14.4 Å². The largest absolute Gasteiger partial charge is 0.361 e. The molecule has 1 aromatic heterocycles. The van der Waals surface area contributed by atoms with E-state index in [0.717, 1.165) is 36.4 Å². The van der Waals surface area contributed by atoms with Gasteiger partial charge in [-0.1, -0.05) is 37.2 Å². The van der Waals surface area contributed by atoms with Crippen molar-refractivity contribution >= 4 is 10.0 Å². The van der Waals surface area contributed by atoms with Gasteiger partial charge in [0.2, 0.25) is 10.0 Å². The summed E-state index contributed by atoms with van der Waals surface area (Å²) in [7, 11) is -3.45. The first kappa shape index (κ1) is 18.7. The molecule has 0 saturated carbocycles. The fraction of sp³-hybridized carbons (Fsp3) is 0.550. The lowest BCUT2D eigenvalue weighted by Gasteiger charge is -2.34. The zero-order chi connectivity index (χ0) is 19.2. The van der Waals surface area contributed by atoms with Crippen LogP contribution >= 0.6 is 0 Å². The van der Waals surface area contributed by atoms with E-state index in [4.69, 9.17) is 4.52 Å². The Hall–Kier alpha value is -1.70. The Morgan fingerprint density at radius 2 is 2.07 bits per heavy atom. The van der Waals surface area contributed by atoms with Crippen molar-refractivity contribution in [3.8, 4) is 0 Å². The molecule has 0 amide bonds. The second kappa shape index (κ2) is 6.72. The molecule has 27 heavy (non-hydrogen) atoms. The van der Waals surface area contributed by atoms with E-state index >= 15 is 0 Å². The standard InChI is InChI=1S/C20H27N3O3S/c1-15(2)8-10-23-20(18-6-4-5-7-19(18)27(23,24)25)9-11-22(14-20)13-17-12-16(3)26-21-17/h4-7,12,15H,8-11,13-14H2,1-3H3/t20-/m0/s1. The van der Waals surface area contributed by atoms with Gasteiger partial charge in [0.25, 0.3) is 0 Å². The van der Waals surface area contributed by atoms with Gasteiger partial charge in [-0.15, -0.1) is 0 Å². The minimum absolute atomic E-state index is 0.455. The van der Waals surface area contributed by atoms with Crippen molar-refractivity contribution < 1.29 is 12.9 Å². The SMILES string of the molecule is Cc1cc(CN2CC[C@]3(C2)c2ccccc2S(=O)(=O)N3CCC(C)C)no1. The van der Waals surface area contributed by atoms with E-state index in [2.05, 4.69) is 23.9 Å². The maximum atomic E-state index is 13.3. The molecule has 1 spiro atoms. The van der Waals surface area contributed by atoms with Crippen LogP contribution in [0, 0.1) is 12.8 Å². The van der Waals surface area contributed by atoms with Gasteiger partial charge in [0, 0.05) is 32.2 Å². The van der Waals surface area contributed by atoms with Gasteiger partial charge in [-0.2, -0.15) is 4.31 Å². The fourth-order valence-electron chi connectivity index (χ4n) is 4.42. The zero-order valence-electron chi connectivity index (χ0n) is 16.2. The van der Waals surface area contributed by atoms with E-state index in [0.29, 0.717) is 30.4 Å².